The molecular weight excluding hydrogens is 518 g/mol. The van der Waals surface area contributed by atoms with Crippen LogP contribution in [0.3, 0.4) is 0 Å². The van der Waals surface area contributed by atoms with Crippen LogP contribution in [0.25, 0.3) is 27.7 Å². The summed E-state index contributed by atoms with van der Waals surface area (Å²) < 4.78 is 3.57. The van der Waals surface area contributed by atoms with E-state index >= 15 is 0 Å². The number of ketones is 1. The smallest absolute Gasteiger partial charge is 0.247 e. The van der Waals surface area contributed by atoms with Crippen molar-refractivity contribution in [2.24, 2.45) is 0 Å². The minimum absolute atomic E-state index is 0.0206. The number of nitrogens with one attached hydrogen (secondary N) is 1. The molecule has 10 heteroatoms. The summed E-state index contributed by atoms with van der Waals surface area (Å²) in [5.41, 5.74) is 5.44. The molecule has 0 aliphatic carbocycles. The van der Waals surface area contributed by atoms with Gasteiger partial charge in [0.15, 0.2) is 5.78 Å². The number of Topliss-reactive ketones (excluding diaryl/α,β-unsaturated/α-hetero) is 1. The number of anilines is 1. The fourth-order valence-electron chi connectivity index (χ4n) is 5.53. The maximum atomic E-state index is 13.6. The Morgan fingerprint density at radius 2 is 1.85 bits per heavy atom. The zero-order valence-electron chi connectivity index (χ0n) is 22.8. The molecule has 1 aliphatic rings. The number of amides is 2. The van der Waals surface area contributed by atoms with Gasteiger partial charge in [0.1, 0.15) is 12.6 Å². The molecule has 2 aromatic carbocycles. The van der Waals surface area contributed by atoms with E-state index in [1.54, 1.807) is 38.9 Å². The number of carbonyl (C=O) groups is 3. The van der Waals surface area contributed by atoms with E-state index in [0.717, 1.165) is 39.8 Å². The van der Waals surface area contributed by atoms with Gasteiger partial charge in [-0.05, 0) is 68.7 Å². The molecule has 1 fully saturated rings. The molecule has 4 heterocycles. The Labute approximate surface area is 236 Å². The van der Waals surface area contributed by atoms with Gasteiger partial charge in [0.25, 0.3) is 0 Å². The minimum Gasteiger partial charge on any atom is -0.337 e. The summed E-state index contributed by atoms with van der Waals surface area (Å²) in [7, 11) is 0. The second kappa shape index (κ2) is 10.8. The molecule has 5 aromatic rings. The number of hydrogen-bond acceptors (Lipinski definition) is 6. The molecule has 1 atom stereocenters. The van der Waals surface area contributed by atoms with E-state index in [4.69, 9.17) is 0 Å². The predicted molar refractivity (Wildman–Crippen MR) is 155 cm³/mol. The summed E-state index contributed by atoms with van der Waals surface area (Å²) in [6.45, 7) is 3.98. The third kappa shape index (κ3) is 5.00. The normalized spacial score (nSPS) is 14.9. The van der Waals surface area contributed by atoms with E-state index in [1.165, 1.54) is 6.92 Å². The van der Waals surface area contributed by atoms with Gasteiger partial charge in [0.05, 0.1) is 23.8 Å². The first-order chi connectivity index (χ1) is 19.9. The first-order valence-electron chi connectivity index (χ1n) is 13.5. The number of nitrogens with zero attached hydrogens (tertiary/aromatic N) is 6. The Kier molecular flexibility index (Phi) is 6.88. The van der Waals surface area contributed by atoms with Crippen LogP contribution in [0.4, 0.5) is 5.69 Å². The van der Waals surface area contributed by atoms with E-state index in [-0.39, 0.29) is 24.1 Å². The number of hydrogen-bond donors (Lipinski definition) is 1. The molecule has 0 saturated carbocycles. The fourth-order valence-corrected chi connectivity index (χ4v) is 5.53. The summed E-state index contributed by atoms with van der Waals surface area (Å²) in [5.74, 6) is -0.491. The first kappa shape index (κ1) is 26.1. The number of fused-ring (bicyclic) bond motifs is 1. The maximum absolute atomic E-state index is 13.6. The minimum atomic E-state index is -0.589. The third-order valence-electron chi connectivity index (χ3n) is 7.58. The van der Waals surface area contributed by atoms with Crippen molar-refractivity contribution >= 4 is 34.2 Å². The van der Waals surface area contributed by atoms with Gasteiger partial charge in [0, 0.05) is 46.7 Å². The topological polar surface area (TPSA) is 115 Å². The van der Waals surface area contributed by atoms with Gasteiger partial charge in [0.2, 0.25) is 11.8 Å². The van der Waals surface area contributed by atoms with E-state index in [0.29, 0.717) is 24.2 Å². The molecule has 1 aliphatic heterocycles. The maximum Gasteiger partial charge on any atom is 0.247 e. The highest BCUT2D eigenvalue weighted by Crippen LogP contribution is 2.29. The Hall–Kier alpha value is -5.12. The summed E-state index contributed by atoms with van der Waals surface area (Å²) in [6, 6.07) is 16.4. The molecule has 0 radical (unpaired) electrons. The molecule has 2 amide bonds. The Bertz CT molecular complexity index is 1770. The molecule has 10 nitrogen and oxygen atoms in total. The van der Waals surface area contributed by atoms with Crippen molar-refractivity contribution in [3.05, 3.63) is 90.6 Å². The molecule has 0 bridgehead atoms. The van der Waals surface area contributed by atoms with E-state index in [1.807, 2.05) is 61.5 Å². The SMILES string of the molecule is CC(=O)c1cn(CC(=O)N2CCC[C@H]2C(=O)Nc2ccccc2-n2nccc2C)c2ccc(-c3ccnnc3)cc12. The van der Waals surface area contributed by atoms with Gasteiger partial charge in [-0.25, -0.2) is 4.68 Å². The second-order valence-corrected chi connectivity index (χ2v) is 10.2. The van der Waals surface area contributed by atoms with E-state index < -0.39 is 6.04 Å². The van der Waals surface area contributed by atoms with Crippen molar-refractivity contribution in [1.82, 2.24) is 29.4 Å². The number of likely N-dealkylation sites (tertiary alicyclic amines) is 1. The van der Waals surface area contributed by atoms with Crippen LogP contribution < -0.4 is 5.32 Å². The number of aryl methyl sites for hydroxylation is 1. The number of aromatic nitrogens is 5. The lowest BCUT2D eigenvalue weighted by atomic mass is 10.0. The predicted octanol–water partition coefficient (Wildman–Crippen LogP) is 4.42. The molecule has 3 aromatic heterocycles. The standard InChI is InChI=1S/C31H29N7O3/c1-20-11-14-34-38(20)28-7-4-3-6-26(28)35-31(41)29-8-5-15-37(29)30(40)19-36-18-25(21(2)39)24-16-22(9-10-27(24)36)23-12-13-32-33-17-23/h3-4,6-7,9-14,16-18,29H,5,8,15,19H2,1-2H3,(H,35,41)/t29-/m0/s1. The van der Waals surface area contributed by atoms with Gasteiger partial charge in [-0.1, -0.05) is 18.2 Å². The average Bonchev–Trinajstić information content (AvgIpc) is 3.72. The second-order valence-electron chi connectivity index (χ2n) is 10.2. The zero-order valence-corrected chi connectivity index (χ0v) is 22.8. The van der Waals surface area contributed by atoms with Crippen LogP contribution >= 0.6 is 0 Å². The molecule has 1 saturated heterocycles. The lowest BCUT2D eigenvalue weighted by Gasteiger charge is -2.25. The number of rotatable bonds is 7. The quantitative estimate of drug-likeness (QED) is 0.302. The number of carbonyl (C=O) groups excluding carboxylic acids is 3. The van der Waals surface area contributed by atoms with Gasteiger partial charge < -0.3 is 14.8 Å². The van der Waals surface area contributed by atoms with E-state index in [9.17, 15) is 14.4 Å². The molecular formula is C31H29N7O3. The van der Waals surface area contributed by atoms with E-state index in [2.05, 4.69) is 20.6 Å². The summed E-state index contributed by atoms with van der Waals surface area (Å²) in [6.07, 6.45) is 8.04. The zero-order chi connectivity index (χ0) is 28.5. The molecule has 41 heavy (non-hydrogen) atoms. The highest BCUT2D eigenvalue weighted by Gasteiger charge is 2.34. The van der Waals surface area contributed by atoms with Gasteiger partial charge in [-0.2, -0.15) is 15.3 Å². The van der Waals surface area contributed by atoms with Crippen LogP contribution in [0.2, 0.25) is 0 Å². The summed E-state index contributed by atoms with van der Waals surface area (Å²) >= 11 is 0. The van der Waals surface area contributed by atoms with Crippen molar-refractivity contribution in [3.8, 4) is 16.8 Å². The van der Waals surface area contributed by atoms with Crippen LogP contribution in [0.5, 0.6) is 0 Å². The molecule has 6 rings (SSSR count). The van der Waals surface area contributed by atoms with Crippen molar-refractivity contribution in [2.45, 2.75) is 39.3 Å². The first-order valence-corrected chi connectivity index (χ1v) is 13.5. The lowest BCUT2D eigenvalue weighted by Crippen LogP contribution is -2.44. The molecule has 0 spiro atoms. The monoisotopic (exact) mass is 547 g/mol. The Morgan fingerprint density at radius 1 is 1.00 bits per heavy atom. The highest BCUT2D eigenvalue weighted by molar-refractivity contribution is 6.08. The average molecular weight is 548 g/mol. The Balaban J connectivity index is 1.24. The van der Waals surface area contributed by atoms with Crippen molar-refractivity contribution < 1.29 is 14.4 Å². The van der Waals surface area contributed by atoms with Crippen LogP contribution in [-0.4, -0.2) is 59.6 Å². The van der Waals surface area contributed by atoms with Gasteiger partial charge >= 0.3 is 0 Å². The van der Waals surface area contributed by atoms with Crippen LogP contribution in [0.15, 0.2) is 79.4 Å². The number of benzene rings is 2. The van der Waals surface area contributed by atoms with Gasteiger partial charge in [-0.15, -0.1) is 0 Å². The Morgan fingerprint density at radius 3 is 2.61 bits per heavy atom. The van der Waals surface area contributed by atoms with Crippen LogP contribution in [0.1, 0.15) is 35.8 Å². The van der Waals surface area contributed by atoms with Crippen LogP contribution in [0, 0.1) is 6.92 Å². The molecule has 0 unspecified atom stereocenters. The molecule has 1 N–H and O–H groups in total. The lowest BCUT2D eigenvalue weighted by molar-refractivity contribution is -0.137. The van der Waals surface area contributed by atoms with Crippen molar-refractivity contribution in [1.29, 1.82) is 0 Å². The van der Waals surface area contributed by atoms with Crippen molar-refractivity contribution in [2.75, 3.05) is 11.9 Å². The fraction of sp³-hybridized carbons (Fsp3) is 0.226. The molecule has 206 valence electrons. The van der Waals surface area contributed by atoms with Gasteiger partial charge in [-0.3, -0.25) is 14.4 Å². The number of para-hydroxylation sites is 2. The summed E-state index contributed by atoms with van der Waals surface area (Å²) in [5, 5.41) is 15.9. The largest absolute Gasteiger partial charge is 0.337 e. The van der Waals surface area contributed by atoms with Crippen molar-refractivity contribution in [3.63, 3.8) is 0 Å². The van der Waals surface area contributed by atoms with Crippen LogP contribution in [-0.2, 0) is 16.1 Å². The third-order valence-corrected chi connectivity index (χ3v) is 7.58. The summed E-state index contributed by atoms with van der Waals surface area (Å²) in [4.78, 5) is 41.2. The highest BCUT2D eigenvalue weighted by atomic mass is 16.2.